The van der Waals surface area contributed by atoms with Crippen LogP contribution in [0.5, 0.6) is 0 Å². The van der Waals surface area contributed by atoms with E-state index < -0.39 is 23.0 Å². The average molecular weight is 171 g/mol. The molecule has 0 saturated heterocycles. The fourth-order valence-electron chi connectivity index (χ4n) is 0.791. The van der Waals surface area contributed by atoms with Crippen molar-refractivity contribution in [1.82, 2.24) is 0 Å². The van der Waals surface area contributed by atoms with E-state index in [-0.39, 0.29) is 5.56 Å². The van der Waals surface area contributed by atoms with E-state index in [9.17, 15) is 13.2 Å². The third-order valence-electron chi connectivity index (χ3n) is 1.51. The summed E-state index contributed by atoms with van der Waals surface area (Å²) in [6.07, 6.45) is 0. The Bertz CT molecular complexity index is 366. The smallest absolute Gasteiger partial charge is 0.149 e. The van der Waals surface area contributed by atoms with Crippen molar-refractivity contribution in [2.45, 2.75) is 6.92 Å². The summed E-state index contributed by atoms with van der Waals surface area (Å²) in [5.74, 6) is -3.28. The Hall–Kier alpha value is -1.50. The molecule has 0 atom stereocenters. The van der Waals surface area contributed by atoms with Crippen LogP contribution in [0, 0.1) is 35.7 Å². The number of nitriles is 1. The molecule has 0 saturated carbocycles. The Kier molecular flexibility index (Phi) is 2.05. The zero-order valence-corrected chi connectivity index (χ0v) is 6.16. The second-order valence-electron chi connectivity index (χ2n) is 2.27. The molecule has 0 amide bonds. The molecule has 0 aliphatic carbocycles. The average Bonchev–Trinajstić information content (AvgIpc) is 2.01. The molecule has 1 aromatic rings. The van der Waals surface area contributed by atoms with Gasteiger partial charge in [0.2, 0.25) is 0 Å². The molecule has 62 valence electrons. The molecule has 0 heterocycles. The molecule has 12 heavy (non-hydrogen) atoms. The van der Waals surface area contributed by atoms with Gasteiger partial charge < -0.3 is 0 Å². The summed E-state index contributed by atoms with van der Waals surface area (Å²) in [5, 5.41) is 8.26. The maximum Gasteiger partial charge on any atom is 0.149 e. The molecule has 1 rings (SSSR count). The summed E-state index contributed by atoms with van der Waals surface area (Å²) in [4.78, 5) is 0. The van der Waals surface area contributed by atoms with Gasteiger partial charge in [-0.2, -0.15) is 5.26 Å². The molecule has 0 bridgehead atoms. The zero-order chi connectivity index (χ0) is 9.30. The Morgan fingerprint density at radius 1 is 1.25 bits per heavy atom. The summed E-state index contributed by atoms with van der Waals surface area (Å²) >= 11 is 0. The van der Waals surface area contributed by atoms with Crippen molar-refractivity contribution in [3.05, 3.63) is 34.6 Å². The molecule has 0 aromatic heterocycles. The number of hydrogen-bond acceptors (Lipinski definition) is 1. The Balaban J connectivity index is 3.54. The fourth-order valence-corrected chi connectivity index (χ4v) is 0.791. The topological polar surface area (TPSA) is 23.8 Å². The molecule has 4 heteroatoms. The number of halogens is 3. The van der Waals surface area contributed by atoms with Crippen molar-refractivity contribution in [1.29, 1.82) is 5.26 Å². The van der Waals surface area contributed by atoms with Crippen molar-refractivity contribution in [2.24, 2.45) is 0 Å². The van der Waals surface area contributed by atoms with E-state index in [1.165, 1.54) is 6.07 Å². The molecule has 0 spiro atoms. The Labute approximate surface area is 67.1 Å². The van der Waals surface area contributed by atoms with E-state index in [2.05, 4.69) is 0 Å². The molecule has 0 aliphatic rings. The molecular weight excluding hydrogens is 167 g/mol. The van der Waals surface area contributed by atoms with Gasteiger partial charge in [-0.3, -0.25) is 0 Å². The van der Waals surface area contributed by atoms with Gasteiger partial charge in [0, 0.05) is 11.6 Å². The third-order valence-corrected chi connectivity index (χ3v) is 1.51. The van der Waals surface area contributed by atoms with Crippen LogP contribution in [0.3, 0.4) is 0 Å². The highest BCUT2D eigenvalue weighted by molar-refractivity contribution is 5.36. The predicted octanol–water partition coefficient (Wildman–Crippen LogP) is 2.28. The first-order chi connectivity index (χ1) is 5.57. The highest BCUT2D eigenvalue weighted by Gasteiger charge is 2.14. The van der Waals surface area contributed by atoms with Crippen molar-refractivity contribution in [3.63, 3.8) is 0 Å². The molecular formula is C8H4F3N. The highest BCUT2D eigenvalue weighted by atomic mass is 19.1. The van der Waals surface area contributed by atoms with Crippen LogP contribution < -0.4 is 0 Å². The quantitative estimate of drug-likeness (QED) is 0.587. The Morgan fingerprint density at radius 2 is 1.83 bits per heavy atom. The van der Waals surface area contributed by atoms with E-state index >= 15 is 0 Å². The first kappa shape index (κ1) is 8.60. The monoisotopic (exact) mass is 171 g/mol. The van der Waals surface area contributed by atoms with Gasteiger partial charge in [-0.05, 0) is 6.92 Å². The van der Waals surface area contributed by atoms with Gasteiger partial charge in [-0.15, -0.1) is 0 Å². The minimum Gasteiger partial charge on any atom is -0.206 e. The minimum atomic E-state index is -1.17. The number of hydrogen-bond donors (Lipinski definition) is 0. The van der Waals surface area contributed by atoms with Crippen LogP contribution in [0.4, 0.5) is 13.2 Å². The lowest BCUT2D eigenvalue weighted by molar-refractivity contribution is 0.528. The molecule has 1 nitrogen and oxygen atoms in total. The maximum absolute atomic E-state index is 12.8. The van der Waals surface area contributed by atoms with Gasteiger partial charge in [-0.25, -0.2) is 13.2 Å². The molecule has 0 unspecified atom stereocenters. The summed E-state index contributed by atoms with van der Waals surface area (Å²) in [5.41, 5.74) is -1.08. The second kappa shape index (κ2) is 2.86. The first-order valence-corrected chi connectivity index (χ1v) is 3.12. The maximum atomic E-state index is 12.8. The molecule has 1 aromatic carbocycles. The second-order valence-corrected chi connectivity index (χ2v) is 2.27. The van der Waals surface area contributed by atoms with Crippen LogP contribution >= 0.6 is 0 Å². The van der Waals surface area contributed by atoms with E-state index in [1.807, 2.05) is 0 Å². The van der Waals surface area contributed by atoms with Crippen LogP contribution in [-0.2, 0) is 0 Å². The number of nitrogens with zero attached hydrogens (tertiary/aromatic N) is 1. The van der Waals surface area contributed by atoms with Gasteiger partial charge in [-0.1, -0.05) is 0 Å². The number of benzene rings is 1. The molecule has 0 aliphatic heterocycles. The lowest BCUT2D eigenvalue weighted by atomic mass is 10.1. The van der Waals surface area contributed by atoms with Gasteiger partial charge >= 0.3 is 0 Å². The Morgan fingerprint density at radius 3 is 2.33 bits per heavy atom. The molecule has 0 fully saturated rings. The fraction of sp³-hybridized carbons (Fsp3) is 0.125. The summed E-state index contributed by atoms with van der Waals surface area (Å²) in [7, 11) is 0. The van der Waals surface area contributed by atoms with Crippen molar-refractivity contribution in [3.8, 4) is 6.07 Å². The van der Waals surface area contributed by atoms with Crippen molar-refractivity contribution in [2.75, 3.05) is 0 Å². The molecule has 0 radical (unpaired) electrons. The van der Waals surface area contributed by atoms with Gasteiger partial charge in [0.05, 0.1) is 0 Å². The van der Waals surface area contributed by atoms with Crippen LogP contribution in [0.15, 0.2) is 6.07 Å². The van der Waals surface area contributed by atoms with Crippen LogP contribution in [-0.4, -0.2) is 0 Å². The summed E-state index contributed by atoms with van der Waals surface area (Å²) in [6.45, 7) is 1.14. The van der Waals surface area contributed by atoms with Gasteiger partial charge in [0.15, 0.2) is 0 Å². The van der Waals surface area contributed by atoms with Crippen molar-refractivity contribution >= 4 is 0 Å². The minimum absolute atomic E-state index is 0.340. The number of rotatable bonds is 0. The largest absolute Gasteiger partial charge is 0.206 e. The SMILES string of the molecule is Cc1c(F)cc(F)c(C#N)c1F. The van der Waals surface area contributed by atoms with E-state index in [0.717, 1.165) is 6.92 Å². The van der Waals surface area contributed by atoms with Crippen molar-refractivity contribution < 1.29 is 13.2 Å². The standard InChI is InChI=1S/C8H4F3N/c1-4-6(9)2-7(10)5(3-12)8(4)11/h2H,1H3. The summed E-state index contributed by atoms with van der Waals surface area (Å²) < 4.78 is 38.0. The summed E-state index contributed by atoms with van der Waals surface area (Å²) in [6, 6.07) is 1.81. The predicted molar refractivity (Wildman–Crippen MR) is 35.8 cm³/mol. The zero-order valence-electron chi connectivity index (χ0n) is 6.16. The van der Waals surface area contributed by atoms with Crippen LogP contribution in [0.2, 0.25) is 0 Å². The first-order valence-electron chi connectivity index (χ1n) is 3.12. The highest BCUT2D eigenvalue weighted by Crippen LogP contribution is 2.18. The van der Waals surface area contributed by atoms with E-state index in [4.69, 9.17) is 5.26 Å². The van der Waals surface area contributed by atoms with Crippen LogP contribution in [0.25, 0.3) is 0 Å². The van der Waals surface area contributed by atoms with Gasteiger partial charge in [0.1, 0.15) is 29.1 Å². The van der Waals surface area contributed by atoms with Crippen LogP contribution in [0.1, 0.15) is 11.1 Å². The van der Waals surface area contributed by atoms with E-state index in [0.29, 0.717) is 6.07 Å². The molecule has 0 N–H and O–H groups in total. The third kappa shape index (κ3) is 1.14. The van der Waals surface area contributed by atoms with Gasteiger partial charge in [0.25, 0.3) is 0 Å². The van der Waals surface area contributed by atoms with E-state index in [1.54, 1.807) is 0 Å². The normalized spacial score (nSPS) is 9.58. The lowest BCUT2D eigenvalue weighted by Crippen LogP contribution is -1.97. The lowest BCUT2D eigenvalue weighted by Gasteiger charge is -2.00.